The molecule has 0 unspecified atom stereocenters. The third-order valence-electron chi connectivity index (χ3n) is 4.71. The van der Waals surface area contributed by atoms with Crippen LogP contribution in [0, 0.1) is 5.41 Å². The SMILES string of the molecule is CC(C)(C)C(=O)OCOC(=O)CCCCCOc1ccc(-c2nc3ccccc3o2)cc1. The summed E-state index contributed by atoms with van der Waals surface area (Å²) in [5.74, 6) is 0.578. The third-order valence-corrected chi connectivity index (χ3v) is 4.71. The van der Waals surface area contributed by atoms with Crippen molar-refractivity contribution in [3.63, 3.8) is 0 Å². The highest BCUT2D eigenvalue weighted by Crippen LogP contribution is 2.25. The van der Waals surface area contributed by atoms with E-state index in [2.05, 4.69) is 4.98 Å². The van der Waals surface area contributed by atoms with E-state index < -0.39 is 11.4 Å². The highest BCUT2D eigenvalue weighted by Gasteiger charge is 2.23. The van der Waals surface area contributed by atoms with E-state index in [1.165, 1.54) is 0 Å². The summed E-state index contributed by atoms with van der Waals surface area (Å²) in [6.45, 7) is 5.45. The molecule has 1 aromatic heterocycles. The quantitative estimate of drug-likeness (QED) is 0.233. The largest absolute Gasteiger partial charge is 0.494 e. The molecule has 0 radical (unpaired) electrons. The molecule has 0 saturated heterocycles. The zero-order valence-corrected chi connectivity index (χ0v) is 18.8. The molecule has 0 spiro atoms. The van der Waals surface area contributed by atoms with Gasteiger partial charge >= 0.3 is 11.9 Å². The van der Waals surface area contributed by atoms with E-state index in [9.17, 15) is 9.59 Å². The normalized spacial score (nSPS) is 11.3. The molecular formula is C25H29NO6. The van der Waals surface area contributed by atoms with Crippen LogP contribution >= 0.6 is 0 Å². The van der Waals surface area contributed by atoms with Crippen molar-refractivity contribution < 1.29 is 28.2 Å². The first kappa shape index (κ1) is 23.3. The van der Waals surface area contributed by atoms with Gasteiger partial charge in [-0.3, -0.25) is 9.59 Å². The molecule has 0 amide bonds. The average molecular weight is 440 g/mol. The summed E-state index contributed by atoms with van der Waals surface area (Å²) >= 11 is 0. The van der Waals surface area contributed by atoms with E-state index in [-0.39, 0.29) is 19.2 Å². The molecule has 32 heavy (non-hydrogen) atoms. The number of para-hydroxylation sites is 2. The molecule has 0 bridgehead atoms. The molecule has 0 saturated carbocycles. The molecule has 0 aliphatic heterocycles. The number of aromatic nitrogens is 1. The average Bonchev–Trinajstić information content (AvgIpc) is 3.20. The Balaban J connectivity index is 1.30. The molecule has 3 aromatic rings. The number of ether oxygens (including phenoxy) is 3. The van der Waals surface area contributed by atoms with Crippen LogP contribution in [0.5, 0.6) is 5.75 Å². The summed E-state index contributed by atoms with van der Waals surface area (Å²) in [6.07, 6.45) is 2.62. The Morgan fingerprint density at radius 2 is 1.69 bits per heavy atom. The Kier molecular flexibility index (Phi) is 7.87. The zero-order chi connectivity index (χ0) is 23.0. The van der Waals surface area contributed by atoms with Gasteiger partial charge in [0, 0.05) is 12.0 Å². The maximum Gasteiger partial charge on any atom is 0.314 e. The number of oxazole rings is 1. The van der Waals surface area contributed by atoms with Gasteiger partial charge in [-0.2, -0.15) is 0 Å². The number of hydrogen-bond acceptors (Lipinski definition) is 7. The first-order chi connectivity index (χ1) is 15.3. The van der Waals surface area contributed by atoms with Crippen molar-refractivity contribution in [2.75, 3.05) is 13.4 Å². The lowest BCUT2D eigenvalue weighted by atomic mass is 9.98. The van der Waals surface area contributed by atoms with Gasteiger partial charge < -0.3 is 18.6 Å². The Bertz CT molecular complexity index is 1000. The van der Waals surface area contributed by atoms with Crippen LogP contribution in [0.4, 0.5) is 0 Å². The molecule has 0 aliphatic rings. The van der Waals surface area contributed by atoms with Gasteiger partial charge in [-0.15, -0.1) is 0 Å². The summed E-state index contributed by atoms with van der Waals surface area (Å²) in [6, 6.07) is 15.3. The number of unbranched alkanes of at least 4 members (excludes halogenated alkanes) is 2. The third kappa shape index (κ3) is 6.83. The smallest absolute Gasteiger partial charge is 0.314 e. The number of carbonyl (C=O) groups is 2. The second-order valence-electron chi connectivity index (χ2n) is 8.49. The second kappa shape index (κ2) is 10.8. The highest BCUT2D eigenvalue weighted by atomic mass is 16.7. The van der Waals surface area contributed by atoms with Crippen LogP contribution in [0.1, 0.15) is 46.5 Å². The van der Waals surface area contributed by atoms with Crippen molar-refractivity contribution >= 4 is 23.0 Å². The van der Waals surface area contributed by atoms with Gasteiger partial charge in [0.2, 0.25) is 12.7 Å². The van der Waals surface area contributed by atoms with E-state index in [0.717, 1.165) is 35.3 Å². The lowest BCUT2D eigenvalue weighted by molar-refractivity contribution is -0.173. The maximum absolute atomic E-state index is 11.7. The molecule has 3 rings (SSSR count). The fraction of sp³-hybridized carbons (Fsp3) is 0.400. The van der Waals surface area contributed by atoms with E-state index >= 15 is 0 Å². The number of rotatable bonds is 10. The van der Waals surface area contributed by atoms with Gasteiger partial charge in [-0.05, 0) is 76.4 Å². The second-order valence-corrected chi connectivity index (χ2v) is 8.49. The fourth-order valence-electron chi connectivity index (χ4n) is 2.86. The van der Waals surface area contributed by atoms with Gasteiger partial charge in [0.05, 0.1) is 12.0 Å². The summed E-state index contributed by atoms with van der Waals surface area (Å²) in [7, 11) is 0. The summed E-state index contributed by atoms with van der Waals surface area (Å²) in [5, 5.41) is 0. The summed E-state index contributed by atoms with van der Waals surface area (Å²) in [4.78, 5) is 27.8. The predicted octanol–water partition coefficient (Wildman–Crippen LogP) is 5.52. The van der Waals surface area contributed by atoms with E-state index in [1.807, 2.05) is 48.5 Å². The van der Waals surface area contributed by atoms with Gasteiger partial charge in [-0.25, -0.2) is 4.98 Å². The van der Waals surface area contributed by atoms with Gasteiger partial charge in [-0.1, -0.05) is 12.1 Å². The van der Waals surface area contributed by atoms with Crippen LogP contribution in [0.3, 0.4) is 0 Å². The van der Waals surface area contributed by atoms with Crippen molar-refractivity contribution in [3.05, 3.63) is 48.5 Å². The van der Waals surface area contributed by atoms with E-state index in [4.69, 9.17) is 18.6 Å². The molecule has 170 valence electrons. The Morgan fingerprint density at radius 3 is 2.41 bits per heavy atom. The zero-order valence-electron chi connectivity index (χ0n) is 18.8. The van der Waals surface area contributed by atoms with Crippen LogP contribution in [0.25, 0.3) is 22.6 Å². The lowest BCUT2D eigenvalue weighted by Gasteiger charge is -2.16. The summed E-state index contributed by atoms with van der Waals surface area (Å²) in [5.41, 5.74) is 1.87. The summed E-state index contributed by atoms with van der Waals surface area (Å²) < 4.78 is 21.4. The maximum atomic E-state index is 11.7. The highest BCUT2D eigenvalue weighted by molar-refractivity contribution is 5.76. The molecule has 0 fully saturated rings. The van der Waals surface area contributed by atoms with Crippen molar-refractivity contribution in [1.82, 2.24) is 4.98 Å². The van der Waals surface area contributed by atoms with Crippen molar-refractivity contribution in [1.29, 1.82) is 0 Å². The monoisotopic (exact) mass is 439 g/mol. The number of esters is 2. The van der Waals surface area contributed by atoms with Gasteiger partial charge in [0.15, 0.2) is 5.58 Å². The lowest BCUT2D eigenvalue weighted by Crippen LogP contribution is -2.24. The Labute approximate surface area is 187 Å². The van der Waals surface area contributed by atoms with Crippen LogP contribution in [0.2, 0.25) is 0 Å². The molecule has 0 N–H and O–H groups in total. The Morgan fingerprint density at radius 1 is 0.938 bits per heavy atom. The predicted molar refractivity (Wildman–Crippen MR) is 120 cm³/mol. The number of hydrogen-bond donors (Lipinski definition) is 0. The van der Waals surface area contributed by atoms with E-state index in [1.54, 1.807) is 20.8 Å². The molecule has 7 nitrogen and oxygen atoms in total. The van der Waals surface area contributed by atoms with Gasteiger partial charge in [0.25, 0.3) is 0 Å². The first-order valence-corrected chi connectivity index (χ1v) is 10.7. The first-order valence-electron chi connectivity index (χ1n) is 10.7. The van der Waals surface area contributed by atoms with Crippen LogP contribution < -0.4 is 4.74 Å². The number of fused-ring (bicyclic) bond motifs is 1. The molecule has 7 heteroatoms. The number of carbonyl (C=O) groups excluding carboxylic acids is 2. The van der Waals surface area contributed by atoms with Gasteiger partial charge in [0.1, 0.15) is 11.3 Å². The molecule has 0 aliphatic carbocycles. The molecule has 1 heterocycles. The van der Waals surface area contributed by atoms with E-state index in [0.29, 0.717) is 18.9 Å². The Hall–Kier alpha value is -3.35. The standard InChI is InChI=1S/C25H29NO6/c1-25(2,3)24(28)31-17-30-22(27)11-5-4-8-16-29-19-14-12-18(13-15-19)23-26-20-9-6-7-10-21(20)32-23/h6-7,9-10,12-15H,4-5,8,11,16-17H2,1-3H3. The minimum Gasteiger partial charge on any atom is -0.494 e. The topological polar surface area (TPSA) is 87.9 Å². The van der Waals surface area contributed by atoms with Crippen molar-refractivity contribution in [3.8, 4) is 17.2 Å². The molecule has 0 atom stereocenters. The van der Waals surface area contributed by atoms with Crippen molar-refractivity contribution in [2.45, 2.75) is 46.5 Å². The van der Waals surface area contributed by atoms with Crippen LogP contribution in [0.15, 0.2) is 52.9 Å². The fourth-order valence-corrected chi connectivity index (χ4v) is 2.86. The van der Waals surface area contributed by atoms with Crippen LogP contribution in [-0.2, 0) is 19.1 Å². The van der Waals surface area contributed by atoms with Crippen LogP contribution in [-0.4, -0.2) is 30.3 Å². The number of benzene rings is 2. The van der Waals surface area contributed by atoms with Crippen molar-refractivity contribution in [2.24, 2.45) is 5.41 Å². The minimum absolute atomic E-state index is 0.284. The number of nitrogens with zero attached hydrogens (tertiary/aromatic N) is 1. The molecular weight excluding hydrogens is 410 g/mol. The minimum atomic E-state index is -0.614. The molecule has 2 aromatic carbocycles.